The van der Waals surface area contributed by atoms with E-state index in [4.69, 9.17) is 11.6 Å². The van der Waals surface area contributed by atoms with Gasteiger partial charge >= 0.3 is 0 Å². The van der Waals surface area contributed by atoms with Crippen LogP contribution < -0.4 is 5.11 Å². The molecule has 0 fully saturated rings. The number of hydrogen-bond acceptors (Lipinski definition) is 3. The van der Waals surface area contributed by atoms with E-state index in [1.807, 2.05) is 24.3 Å². The molecule has 0 amide bonds. The van der Waals surface area contributed by atoms with Crippen molar-refractivity contribution in [1.29, 1.82) is 0 Å². The molecule has 0 saturated heterocycles. The fourth-order valence-corrected chi connectivity index (χ4v) is 1.59. The Kier molecular flexibility index (Phi) is 2.88. The number of carbonyl (C=O) groups is 1. The van der Waals surface area contributed by atoms with Gasteiger partial charge in [-0.15, -0.1) is 0 Å². The third-order valence-corrected chi connectivity index (χ3v) is 2.41. The maximum Gasteiger partial charge on any atom is 0.136 e. The second-order valence-electron chi connectivity index (χ2n) is 3.21. The van der Waals surface area contributed by atoms with Gasteiger partial charge in [0.15, 0.2) is 0 Å². The van der Waals surface area contributed by atoms with Crippen molar-refractivity contribution in [2.24, 2.45) is 0 Å². The molecule has 4 heteroatoms. The molecular weight excluding hydrogens is 226 g/mol. The topological polar surface area (TPSA) is 53.0 Å². The van der Waals surface area contributed by atoms with Gasteiger partial charge in [0.25, 0.3) is 0 Å². The molecule has 1 aromatic carbocycles. The number of aromatic nitrogens is 1. The molecule has 80 valence electrons. The molecule has 2 rings (SSSR count). The third-order valence-electron chi connectivity index (χ3n) is 2.10. The average molecular weight is 233 g/mol. The van der Waals surface area contributed by atoms with E-state index in [2.05, 4.69) is 4.98 Å². The van der Waals surface area contributed by atoms with Gasteiger partial charge in [-0.1, -0.05) is 35.9 Å². The number of pyridine rings is 1. The molecule has 0 aliphatic rings. The fraction of sp³-hybridized carbons (Fsp3) is 0. The van der Waals surface area contributed by atoms with Crippen molar-refractivity contribution < 1.29 is 9.90 Å². The van der Waals surface area contributed by atoms with E-state index in [-0.39, 0.29) is 5.15 Å². The van der Waals surface area contributed by atoms with E-state index < -0.39 is 5.97 Å². The maximum atomic E-state index is 10.3. The maximum absolute atomic E-state index is 10.3. The lowest BCUT2D eigenvalue weighted by atomic mass is 10.1. The second kappa shape index (κ2) is 4.33. The van der Waals surface area contributed by atoms with E-state index in [1.54, 1.807) is 6.07 Å². The number of fused-ring (bicyclic) bond motifs is 1. The minimum atomic E-state index is -1.26. The van der Waals surface area contributed by atoms with Crippen molar-refractivity contribution in [2.45, 2.75) is 0 Å². The molecular formula is C12H7ClNO2-. The number of nitrogens with zero attached hydrogens (tertiary/aromatic N) is 1. The number of hydrogen-bond donors (Lipinski definition) is 0. The largest absolute Gasteiger partial charge is 0.545 e. The van der Waals surface area contributed by atoms with E-state index in [0.717, 1.165) is 17.0 Å². The Morgan fingerprint density at radius 3 is 2.88 bits per heavy atom. The van der Waals surface area contributed by atoms with Crippen LogP contribution >= 0.6 is 11.6 Å². The monoisotopic (exact) mass is 232 g/mol. The van der Waals surface area contributed by atoms with E-state index in [9.17, 15) is 9.90 Å². The number of aliphatic carboxylic acids is 1. The standard InChI is InChI=1S/C12H8ClNO2/c13-12-9(5-6-11(15)16)7-8-3-1-2-4-10(8)14-12/h1-7H,(H,15,16)/p-1/b6-5+. The zero-order valence-corrected chi connectivity index (χ0v) is 8.94. The summed E-state index contributed by atoms with van der Waals surface area (Å²) < 4.78 is 0. The summed E-state index contributed by atoms with van der Waals surface area (Å²) in [5.41, 5.74) is 1.34. The molecule has 2 aromatic rings. The molecule has 0 spiro atoms. The summed E-state index contributed by atoms with van der Waals surface area (Å²) in [7, 11) is 0. The van der Waals surface area contributed by atoms with Crippen LogP contribution in [0.15, 0.2) is 36.4 Å². The quantitative estimate of drug-likeness (QED) is 0.584. The van der Waals surface area contributed by atoms with Crippen molar-refractivity contribution in [2.75, 3.05) is 0 Å². The smallest absolute Gasteiger partial charge is 0.136 e. The van der Waals surface area contributed by atoms with Crippen LogP contribution in [0.2, 0.25) is 5.15 Å². The molecule has 0 bridgehead atoms. The Balaban J connectivity index is 2.54. The van der Waals surface area contributed by atoms with Crippen LogP contribution in [0.25, 0.3) is 17.0 Å². The Labute approximate surface area is 97.0 Å². The highest BCUT2D eigenvalue weighted by molar-refractivity contribution is 6.31. The third kappa shape index (κ3) is 2.20. The lowest BCUT2D eigenvalue weighted by Crippen LogP contribution is -2.18. The van der Waals surface area contributed by atoms with Crippen LogP contribution in [-0.4, -0.2) is 11.0 Å². The Hall–Kier alpha value is -1.87. The van der Waals surface area contributed by atoms with Crippen molar-refractivity contribution >= 4 is 34.5 Å². The molecule has 0 radical (unpaired) electrons. The van der Waals surface area contributed by atoms with Gasteiger partial charge in [0.2, 0.25) is 0 Å². The van der Waals surface area contributed by atoms with Gasteiger partial charge < -0.3 is 9.90 Å². The first-order valence-corrected chi connectivity index (χ1v) is 4.99. The zero-order chi connectivity index (χ0) is 11.5. The van der Waals surface area contributed by atoms with Gasteiger partial charge in [0.1, 0.15) is 5.15 Å². The molecule has 0 N–H and O–H groups in total. The summed E-state index contributed by atoms with van der Waals surface area (Å²) >= 11 is 5.91. The Morgan fingerprint density at radius 1 is 1.38 bits per heavy atom. The summed E-state index contributed by atoms with van der Waals surface area (Å²) in [5, 5.41) is 11.5. The molecule has 0 saturated carbocycles. The summed E-state index contributed by atoms with van der Waals surface area (Å²) in [4.78, 5) is 14.4. The first kappa shape index (κ1) is 10.6. The van der Waals surface area contributed by atoms with E-state index in [0.29, 0.717) is 5.56 Å². The first-order chi connectivity index (χ1) is 7.66. The van der Waals surface area contributed by atoms with Gasteiger partial charge in [-0.2, -0.15) is 0 Å². The van der Waals surface area contributed by atoms with Crippen LogP contribution in [0.4, 0.5) is 0 Å². The summed E-state index contributed by atoms with van der Waals surface area (Å²) in [6.45, 7) is 0. The van der Waals surface area contributed by atoms with Crippen LogP contribution in [0.5, 0.6) is 0 Å². The number of carboxylic acid groups (broad SMARTS) is 1. The van der Waals surface area contributed by atoms with Crippen molar-refractivity contribution in [3.8, 4) is 0 Å². The normalized spacial score (nSPS) is 11.1. The molecule has 3 nitrogen and oxygen atoms in total. The van der Waals surface area contributed by atoms with Gasteiger partial charge in [0.05, 0.1) is 11.5 Å². The molecule has 0 aliphatic heterocycles. The molecule has 1 heterocycles. The Bertz CT molecular complexity index is 578. The number of benzene rings is 1. The van der Waals surface area contributed by atoms with Crippen molar-refractivity contribution in [3.63, 3.8) is 0 Å². The second-order valence-corrected chi connectivity index (χ2v) is 3.57. The molecule has 0 aliphatic carbocycles. The average Bonchev–Trinajstić information content (AvgIpc) is 2.26. The highest BCUT2D eigenvalue weighted by Gasteiger charge is 2.01. The van der Waals surface area contributed by atoms with Crippen molar-refractivity contribution in [3.05, 3.63) is 47.1 Å². The number of carboxylic acids is 1. The fourth-order valence-electron chi connectivity index (χ4n) is 1.38. The highest BCUT2D eigenvalue weighted by Crippen LogP contribution is 2.21. The predicted octanol–water partition coefficient (Wildman–Crippen LogP) is 1.65. The summed E-state index contributed by atoms with van der Waals surface area (Å²) in [6, 6.07) is 9.25. The zero-order valence-electron chi connectivity index (χ0n) is 8.18. The Morgan fingerprint density at radius 2 is 2.12 bits per heavy atom. The predicted molar refractivity (Wildman–Crippen MR) is 60.8 cm³/mol. The summed E-state index contributed by atoms with van der Waals surface area (Å²) in [6.07, 6.45) is 2.30. The molecule has 1 aromatic heterocycles. The van der Waals surface area contributed by atoms with Crippen LogP contribution in [-0.2, 0) is 4.79 Å². The van der Waals surface area contributed by atoms with E-state index >= 15 is 0 Å². The minimum absolute atomic E-state index is 0.274. The minimum Gasteiger partial charge on any atom is -0.545 e. The van der Waals surface area contributed by atoms with E-state index in [1.165, 1.54) is 6.08 Å². The molecule has 0 atom stereocenters. The SMILES string of the molecule is O=C([O-])/C=C/c1cc2ccccc2nc1Cl. The van der Waals surface area contributed by atoms with Crippen LogP contribution in [0.3, 0.4) is 0 Å². The van der Waals surface area contributed by atoms with Crippen LogP contribution in [0, 0.1) is 0 Å². The number of halogens is 1. The number of para-hydroxylation sites is 1. The van der Waals surface area contributed by atoms with Crippen LogP contribution in [0.1, 0.15) is 5.56 Å². The number of carbonyl (C=O) groups excluding carboxylic acids is 1. The highest BCUT2D eigenvalue weighted by atomic mass is 35.5. The lowest BCUT2D eigenvalue weighted by molar-refractivity contribution is -0.297. The van der Waals surface area contributed by atoms with Gasteiger partial charge in [-0.25, -0.2) is 4.98 Å². The molecule has 16 heavy (non-hydrogen) atoms. The first-order valence-electron chi connectivity index (χ1n) is 4.61. The lowest BCUT2D eigenvalue weighted by Gasteiger charge is -2.01. The molecule has 0 unspecified atom stereocenters. The van der Waals surface area contributed by atoms with Gasteiger partial charge in [0, 0.05) is 10.9 Å². The summed E-state index contributed by atoms with van der Waals surface area (Å²) in [5.74, 6) is -1.26. The number of rotatable bonds is 2. The van der Waals surface area contributed by atoms with Gasteiger partial charge in [-0.05, 0) is 18.2 Å². The van der Waals surface area contributed by atoms with Gasteiger partial charge in [-0.3, -0.25) is 0 Å². The van der Waals surface area contributed by atoms with Crippen molar-refractivity contribution in [1.82, 2.24) is 4.98 Å².